The summed E-state index contributed by atoms with van der Waals surface area (Å²) < 4.78 is 0. The average Bonchev–Trinajstić information content (AvgIpc) is 3.32. The highest BCUT2D eigenvalue weighted by atomic mass is 32.1. The van der Waals surface area contributed by atoms with Crippen molar-refractivity contribution < 1.29 is 4.79 Å². The van der Waals surface area contributed by atoms with Crippen molar-refractivity contribution in [3.63, 3.8) is 0 Å². The van der Waals surface area contributed by atoms with E-state index < -0.39 is 0 Å². The molecule has 0 unspecified atom stereocenters. The maximum Gasteiger partial charge on any atom is 0.252 e. The summed E-state index contributed by atoms with van der Waals surface area (Å²) in [5.41, 5.74) is 9.88. The van der Waals surface area contributed by atoms with E-state index in [2.05, 4.69) is 44.5 Å². The molecule has 3 aromatic heterocycles. The van der Waals surface area contributed by atoms with Crippen LogP contribution in [0.15, 0.2) is 23.7 Å². The minimum Gasteiger partial charge on any atom is -0.374 e. The summed E-state index contributed by atoms with van der Waals surface area (Å²) in [5, 5.41) is 13.7. The number of anilines is 1. The monoisotopic (exact) mass is 414 g/mol. The van der Waals surface area contributed by atoms with Gasteiger partial charge in [0.1, 0.15) is 5.01 Å². The number of carbonyl (C=O) groups is 1. The lowest BCUT2D eigenvalue weighted by atomic mass is 10.0. The van der Waals surface area contributed by atoms with Gasteiger partial charge in [0.25, 0.3) is 5.91 Å². The summed E-state index contributed by atoms with van der Waals surface area (Å²) in [6, 6.07) is 4.26. The van der Waals surface area contributed by atoms with Crippen LogP contribution in [-0.4, -0.2) is 32.5 Å². The van der Waals surface area contributed by atoms with E-state index >= 15 is 0 Å². The smallest absolute Gasteiger partial charge is 0.252 e. The Labute approximate surface area is 171 Å². The Morgan fingerprint density at radius 3 is 2.96 bits per heavy atom. The predicted molar refractivity (Wildman–Crippen MR) is 111 cm³/mol. The third-order valence-electron chi connectivity index (χ3n) is 4.83. The van der Waals surface area contributed by atoms with Crippen LogP contribution in [0.5, 0.6) is 0 Å². The largest absolute Gasteiger partial charge is 0.374 e. The van der Waals surface area contributed by atoms with Crippen LogP contribution in [0.1, 0.15) is 44.0 Å². The molecule has 0 aromatic carbocycles. The number of nitrogens with one attached hydrogen (secondary N) is 1. The first-order chi connectivity index (χ1) is 13.6. The second-order valence-electron chi connectivity index (χ2n) is 6.74. The number of amides is 1. The van der Waals surface area contributed by atoms with Crippen LogP contribution in [0.2, 0.25) is 0 Å². The number of pyridine rings is 1. The third-order valence-corrected chi connectivity index (χ3v) is 6.60. The number of thiophene rings is 1. The number of carbonyl (C=O) groups excluding carboxylic acids is 1. The fourth-order valence-corrected chi connectivity index (χ4v) is 4.95. The van der Waals surface area contributed by atoms with Gasteiger partial charge in [-0.25, -0.2) is 0 Å². The van der Waals surface area contributed by atoms with Crippen molar-refractivity contribution >= 4 is 33.7 Å². The lowest BCUT2D eigenvalue weighted by molar-refractivity contribution is 0.0949. The Hall–Kier alpha value is -2.36. The molecule has 1 aliphatic heterocycles. The number of nitrogen functional groups attached to an aromatic ring is 1. The van der Waals surface area contributed by atoms with E-state index in [9.17, 15) is 4.79 Å². The highest BCUT2D eigenvalue weighted by Gasteiger charge is 2.24. The van der Waals surface area contributed by atoms with Crippen molar-refractivity contribution in [1.82, 2.24) is 25.4 Å². The summed E-state index contributed by atoms with van der Waals surface area (Å²) in [6.07, 6.45) is 3.84. The minimum atomic E-state index is -0.0588. The molecule has 3 N–H and O–H groups in total. The van der Waals surface area contributed by atoms with Crippen molar-refractivity contribution in [2.75, 3.05) is 12.3 Å². The van der Waals surface area contributed by atoms with Crippen LogP contribution in [-0.2, 0) is 32.5 Å². The van der Waals surface area contributed by atoms with Crippen LogP contribution in [0, 0.1) is 0 Å². The molecular weight excluding hydrogens is 392 g/mol. The van der Waals surface area contributed by atoms with Gasteiger partial charge in [0.05, 0.1) is 17.8 Å². The van der Waals surface area contributed by atoms with Crippen LogP contribution in [0.25, 0.3) is 0 Å². The normalized spacial score (nSPS) is 14.0. The number of nitrogens with zero attached hydrogens (tertiary/aromatic N) is 4. The fraction of sp³-hybridized carbons (Fsp3) is 0.368. The van der Waals surface area contributed by atoms with Crippen LogP contribution < -0.4 is 11.1 Å². The minimum absolute atomic E-state index is 0.0588. The van der Waals surface area contributed by atoms with Gasteiger partial charge in [-0.1, -0.05) is 24.3 Å². The maximum absolute atomic E-state index is 12.6. The molecule has 0 aliphatic carbocycles. The second-order valence-corrected chi connectivity index (χ2v) is 8.80. The second kappa shape index (κ2) is 8.34. The van der Waals surface area contributed by atoms with Crippen molar-refractivity contribution in [3.8, 4) is 0 Å². The zero-order valence-electron chi connectivity index (χ0n) is 15.6. The van der Waals surface area contributed by atoms with E-state index in [0.29, 0.717) is 16.7 Å². The molecule has 4 heterocycles. The Bertz CT molecular complexity index is 965. The van der Waals surface area contributed by atoms with E-state index in [4.69, 9.17) is 5.73 Å². The molecule has 0 radical (unpaired) electrons. The number of hydrogen-bond acceptors (Lipinski definition) is 8. The Kier molecular flexibility index (Phi) is 5.65. The number of rotatable bonds is 6. The van der Waals surface area contributed by atoms with Gasteiger partial charge in [-0.05, 0) is 30.0 Å². The molecule has 3 aromatic rings. The molecule has 0 bridgehead atoms. The van der Waals surface area contributed by atoms with E-state index in [0.717, 1.165) is 43.7 Å². The van der Waals surface area contributed by atoms with Gasteiger partial charge >= 0.3 is 0 Å². The molecule has 4 rings (SSSR count). The van der Waals surface area contributed by atoms with Gasteiger partial charge in [-0.3, -0.25) is 14.7 Å². The molecule has 7 nitrogen and oxygen atoms in total. The summed E-state index contributed by atoms with van der Waals surface area (Å²) in [7, 11) is 0. The Balaban J connectivity index is 1.37. The standard InChI is InChI=1S/C19H22N6OS2/c1-2-12-3-4-13(21-7-12)9-25-6-5-14-15(11-27-16(14)10-25)18(26)22-8-17-23-24-19(20)28-17/h3-4,7,11H,2,5-6,8-10H2,1H3,(H2,20,24)(H,22,26). The van der Waals surface area contributed by atoms with Crippen molar-refractivity contribution in [2.24, 2.45) is 0 Å². The van der Waals surface area contributed by atoms with Crippen LogP contribution in [0.3, 0.4) is 0 Å². The average molecular weight is 415 g/mol. The SMILES string of the molecule is CCc1ccc(CN2CCc3c(C(=O)NCc4nnc(N)s4)csc3C2)nc1. The van der Waals surface area contributed by atoms with E-state index in [-0.39, 0.29) is 5.91 Å². The molecule has 146 valence electrons. The first-order valence-electron chi connectivity index (χ1n) is 9.24. The quantitative estimate of drug-likeness (QED) is 0.644. The Morgan fingerprint density at radius 1 is 1.36 bits per heavy atom. The van der Waals surface area contributed by atoms with Gasteiger partial charge in [-0.15, -0.1) is 21.5 Å². The molecule has 0 atom stereocenters. The molecular formula is C19H22N6OS2. The number of fused-ring (bicyclic) bond motifs is 1. The molecule has 1 amide bonds. The summed E-state index contributed by atoms with van der Waals surface area (Å²) in [4.78, 5) is 20.8. The first kappa shape index (κ1) is 19.0. The summed E-state index contributed by atoms with van der Waals surface area (Å²) in [6.45, 7) is 5.10. The molecule has 0 saturated heterocycles. The van der Waals surface area contributed by atoms with Crippen LogP contribution >= 0.6 is 22.7 Å². The first-order valence-corrected chi connectivity index (χ1v) is 10.9. The number of nitrogens with two attached hydrogens (primary N) is 1. The topological polar surface area (TPSA) is 97.0 Å². The highest BCUT2D eigenvalue weighted by molar-refractivity contribution is 7.15. The number of aryl methyl sites for hydroxylation is 1. The van der Waals surface area contributed by atoms with Crippen molar-refractivity contribution in [1.29, 1.82) is 0 Å². The van der Waals surface area contributed by atoms with Gasteiger partial charge in [-0.2, -0.15) is 0 Å². The van der Waals surface area contributed by atoms with Crippen molar-refractivity contribution in [2.45, 2.75) is 39.4 Å². The number of aromatic nitrogens is 3. The lowest BCUT2D eigenvalue weighted by Gasteiger charge is -2.26. The van der Waals surface area contributed by atoms with E-state index in [1.807, 2.05) is 11.6 Å². The molecule has 1 aliphatic rings. The van der Waals surface area contributed by atoms with Crippen molar-refractivity contribution in [3.05, 3.63) is 56.0 Å². The van der Waals surface area contributed by atoms with E-state index in [1.54, 1.807) is 11.3 Å². The van der Waals surface area contributed by atoms with Gasteiger partial charge in [0.15, 0.2) is 0 Å². The molecule has 9 heteroatoms. The summed E-state index contributed by atoms with van der Waals surface area (Å²) >= 11 is 2.95. The Morgan fingerprint density at radius 2 is 2.25 bits per heavy atom. The molecule has 28 heavy (non-hydrogen) atoms. The van der Waals surface area contributed by atoms with E-state index in [1.165, 1.54) is 27.3 Å². The van der Waals surface area contributed by atoms with Gasteiger partial charge < -0.3 is 11.1 Å². The predicted octanol–water partition coefficient (Wildman–Crippen LogP) is 2.63. The molecule has 0 saturated carbocycles. The molecule has 0 spiro atoms. The van der Waals surface area contributed by atoms with Crippen LogP contribution in [0.4, 0.5) is 5.13 Å². The highest BCUT2D eigenvalue weighted by Crippen LogP contribution is 2.29. The zero-order chi connectivity index (χ0) is 19.5. The lowest BCUT2D eigenvalue weighted by Crippen LogP contribution is -2.31. The van der Waals surface area contributed by atoms with Gasteiger partial charge in [0.2, 0.25) is 5.13 Å². The number of hydrogen-bond donors (Lipinski definition) is 2. The summed E-state index contributed by atoms with van der Waals surface area (Å²) in [5.74, 6) is -0.0588. The fourth-order valence-electron chi connectivity index (χ4n) is 3.28. The zero-order valence-corrected chi connectivity index (χ0v) is 17.3. The van der Waals surface area contributed by atoms with Gasteiger partial charge in [0, 0.05) is 36.1 Å². The maximum atomic E-state index is 12.6. The molecule has 0 fully saturated rings. The third kappa shape index (κ3) is 4.21.